The number of hydrogen-bond acceptors (Lipinski definition) is 3. The molecule has 1 aliphatic rings. The van der Waals surface area contributed by atoms with Crippen molar-refractivity contribution in [1.29, 1.82) is 0 Å². The van der Waals surface area contributed by atoms with Crippen LogP contribution in [0, 0.1) is 0 Å². The Labute approximate surface area is 105 Å². The summed E-state index contributed by atoms with van der Waals surface area (Å²) in [6.07, 6.45) is 1.45. The zero-order valence-corrected chi connectivity index (χ0v) is 10.3. The van der Waals surface area contributed by atoms with Crippen LogP contribution in [0.1, 0.15) is 6.92 Å². The maximum Gasteiger partial charge on any atom is 0.323 e. The van der Waals surface area contributed by atoms with Crippen molar-refractivity contribution in [3.8, 4) is 0 Å². The Balaban J connectivity index is 2.77. The van der Waals surface area contributed by atoms with E-state index < -0.39 is 24.6 Å². The molecule has 0 radical (unpaired) electrons. The minimum Gasteiger partial charge on any atom is -0.480 e. The Morgan fingerprint density at radius 2 is 2.33 bits per heavy atom. The van der Waals surface area contributed by atoms with Gasteiger partial charge in [-0.3, -0.25) is 9.59 Å². The van der Waals surface area contributed by atoms with E-state index in [9.17, 15) is 14.4 Å². The Bertz CT molecular complexity index is 369. The van der Waals surface area contributed by atoms with Crippen LogP contribution in [-0.4, -0.2) is 65.0 Å². The van der Waals surface area contributed by atoms with Gasteiger partial charge < -0.3 is 20.2 Å². The number of rotatable bonds is 4. The SMILES string of the molecule is C=CCN(CC(=O)O)C(=O)N1CCNC(=O)C1C. The van der Waals surface area contributed by atoms with Crippen molar-refractivity contribution < 1.29 is 19.5 Å². The Hall–Kier alpha value is -2.05. The summed E-state index contributed by atoms with van der Waals surface area (Å²) in [6.45, 7) is 5.58. The largest absolute Gasteiger partial charge is 0.480 e. The molecule has 0 spiro atoms. The quantitative estimate of drug-likeness (QED) is 0.663. The van der Waals surface area contributed by atoms with E-state index in [1.807, 2.05) is 0 Å². The molecule has 7 heteroatoms. The van der Waals surface area contributed by atoms with Crippen LogP contribution in [0.3, 0.4) is 0 Å². The van der Waals surface area contributed by atoms with Crippen LogP contribution in [0.2, 0.25) is 0 Å². The lowest BCUT2D eigenvalue weighted by molar-refractivity contribution is -0.137. The van der Waals surface area contributed by atoms with Gasteiger partial charge in [0.15, 0.2) is 0 Å². The number of carboxylic acid groups (broad SMARTS) is 1. The maximum absolute atomic E-state index is 12.1. The molecule has 2 N–H and O–H groups in total. The van der Waals surface area contributed by atoms with Crippen LogP contribution in [0.5, 0.6) is 0 Å². The molecule has 0 aliphatic carbocycles. The van der Waals surface area contributed by atoms with E-state index in [0.29, 0.717) is 13.1 Å². The van der Waals surface area contributed by atoms with Gasteiger partial charge in [0.05, 0.1) is 0 Å². The summed E-state index contributed by atoms with van der Waals surface area (Å²) in [7, 11) is 0. The Kier molecular flexibility index (Phi) is 4.70. The number of hydrogen-bond donors (Lipinski definition) is 2. The van der Waals surface area contributed by atoms with Gasteiger partial charge in [0.2, 0.25) is 5.91 Å². The number of aliphatic carboxylic acids is 1. The average molecular weight is 255 g/mol. The average Bonchev–Trinajstić information content (AvgIpc) is 2.31. The third-order valence-electron chi connectivity index (χ3n) is 2.69. The van der Waals surface area contributed by atoms with Gasteiger partial charge in [-0.2, -0.15) is 0 Å². The second kappa shape index (κ2) is 6.04. The van der Waals surface area contributed by atoms with Crippen LogP contribution >= 0.6 is 0 Å². The van der Waals surface area contributed by atoms with Crippen molar-refractivity contribution in [2.45, 2.75) is 13.0 Å². The van der Waals surface area contributed by atoms with E-state index in [1.165, 1.54) is 11.0 Å². The van der Waals surface area contributed by atoms with Gasteiger partial charge in [-0.25, -0.2) is 4.79 Å². The van der Waals surface area contributed by atoms with Gasteiger partial charge >= 0.3 is 12.0 Å². The molecule has 0 saturated carbocycles. The normalized spacial score (nSPS) is 19.1. The highest BCUT2D eigenvalue weighted by Crippen LogP contribution is 2.08. The first-order valence-electron chi connectivity index (χ1n) is 5.63. The predicted molar refractivity (Wildman–Crippen MR) is 64.0 cm³/mol. The molecule has 1 atom stereocenters. The van der Waals surface area contributed by atoms with Gasteiger partial charge in [0.25, 0.3) is 0 Å². The molecule has 100 valence electrons. The molecule has 0 aromatic carbocycles. The molecule has 1 heterocycles. The summed E-state index contributed by atoms with van der Waals surface area (Å²) in [6, 6.07) is -1.05. The number of piperazine rings is 1. The topological polar surface area (TPSA) is 90.0 Å². The van der Waals surface area contributed by atoms with E-state index in [0.717, 1.165) is 4.90 Å². The number of nitrogens with one attached hydrogen (secondary N) is 1. The highest BCUT2D eigenvalue weighted by atomic mass is 16.4. The zero-order chi connectivity index (χ0) is 13.7. The Morgan fingerprint density at radius 3 is 2.89 bits per heavy atom. The minimum absolute atomic E-state index is 0.135. The fourth-order valence-corrected chi connectivity index (χ4v) is 1.75. The van der Waals surface area contributed by atoms with Crippen LogP contribution in [0.15, 0.2) is 12.7 Å². The number of amides is 3. The summed E-state index contributed by atoms with van der Waals surface area (Å²) in [4.78, 5) is 36.8. The van der Waals surface area contributed by atoms with E-state index in [4.69, 9.17) is 5.11 Å². The van der Waals surface area contributed by atoms with Crippen LogP contribution in [-0.2, 0) is 9.59 Å². The highest BCUT2D eigenvalue weighted by molar-refractivity contribution is 5.89. The van der Waals surface area contributed by atoms with E-state index in [-0.39, 0.29) is 12.5 Å². The standard InChI is InChI=1S/C11H17N3O4/c1-3-5-13(7-9(15)16)11(18)14-6-4-12-10(17)8(14)2/h3,8H,1,4-7H2,2H3,(H,12,17)(H,15,16). The van der Waals surface area contributed by atoms with Crippen LogP contribution in [0.4, 0.5) is 4.79 Å². The van der Waals surface area contributed by atoms with Gasteiger partial charge in [-0.05, 0) is 6.92 Å². The van der Waals surface area contributed by atoms with Gasteiger partial charge in [0, 0.05) is 19.6 Å². The summed E-state index contributed by atoms with van der Waals surface area (Å²) in [5.41, 5.74) is 0. The first-order valence-corrected chi connectivity index (χ1v) is 5.63. The smallest absolute Gasteiger partial charge is 0.323 e. The van der Waals surface area contributed by atoms with Gasteiger partial charge in [0.1, 0.15) is 12.6 Å². The molecule has 18 heavy (non-hydrogen) atoms. The van der Waals surface area contributed by atoms with Gasteiger partial charge in [-0.1, -0.05) is 6.08 Å². The Morgan fingerprint density at radius 1 is 1.67 bits per heavy atom. The number of carboxylic acids is 1. The molecule has 1 saturated heterocycles. The molecule has 1 aliphatic heterocycles. The van der Waals surface area contributed by atoms with E-state index in [2.05, 4.69) is 11.9 Å². The van der Waals surface area contributed by atoms with Crippen molar-refractivity contribution in [1.82, 2.24) is 15.1 Å². The molecular formula is C11H17N3O4. The van der Waals surface area contributed by atoms with Crippen molar-refractivity contribution in [3.05, 3.63) is 12.7 Å². The summed E-state index contributed by atoms with van der Waals surface area (Å²) >= 11 is 0. The summed E-state index contributed by atoms with van der Waals surface area (Å²) in [5, 5.41) is 11.4. The van der Waals surface area contributed by atoms with E-state index in [1.54, 1.807) is 6.92 Å². The molecule has 1 unspecified atom stereocenters. The lowest BCUT2D eigenvalue weighted by Gasteiger charge is -2.36. The maximum atomic E-state index is 12.1. The van der Waals surface area contributed by atoms with Crippen molar-refractivity contribution in [2.75, 3.05) is 26.2 Å². The first-order chi connectivity index (χ1) is 8.47. The molecule has 1 fully saturated rings. The molecule has 0 bridgehead atoms. The second-order valence-electron chi connectivity index (χ2n) is 4.01. The zero-order valence-electron chi connectivity index (χ0n) is 10.3. The first kappa shape index (κ1) is 14.0. The fourth-order valence-electron chi connectivity index (χ4n) is 1.75. The predicted octanol–water partition coefficient (Wildman–Crippen LogP) is -0.501. The van der Waals surface area contributed by atoms with Crippen molar-refractivity contribution in [3.63, 3.8) is 0 Å². The third-order valence-corrected chi connectivity index (χ3v) is 2.69. The number of nitrogens with zero attached hydrogens (tertiary/aromatic N) is 2. The van der Waals surface area contributed by atoms with Crippen molar-refractivity contribution >= 4 is 17.9 Å². The molecule has 1 rings (SSSR count). The number of carbonyl (C=O) groups is 3. The van der Waals surface area contributed by atoms with Crippen molar-refractivity contribution in [2.24, 2.45) is 0 Å². The molecule has 0 aromatic rings. The van der Waals surface area contributed by atoms with Gasteiger partial charge in [-0.15, -0.1) is 6.58 Å². The molecule has 7 nitrogen and oxygen atoms in total. The summed E-state index contributed by atoms with van der Waals surface area (Å²) in [5.74, 6) is -1.33. The van der Waals surface area contributed by atoms with Crippen LogP contribution < -0.4 is 5.32 Å². The molecular weight excluding hydrogens is 238 g/mol. The number of carbonyl (C=O) groups excluding carboxylic acids is 2. The van der Waals surface area contributed by atoms with E-state index >= 15 is 0 Å². The lowest BCUT2D eigenvalue weighted by Crippen LogP contribution is -2.59. The minimum atomic E-state index is -1.10. The summed E-state index contributed by atoms with van der Waals surface area (Å²) < 4.78 is 0. The molecule has 3 amide bonds. The highest BCUT2D eigenvalue weighted by Gasteiger charge is 2.32. The number of urea groups is 1. The van der Waals surface area contributed by atoms with Crippen LogP contribution in [0.25, 0.3) is 0 Å². The monoisotopic (exact) mass is 255 g/mol. The lowest BCUT2D eigenvalue weighted by atomic mass is 10.2. The fraction of sp³-hybridized carbons (Fsp3) is 0.545. The third kappa shape index (κ3) is 3.22. The second-order valence-corrected chi connectivity index (χ2v) is 4.01. The molecule has 0 aromatic heterocycles.